The van der Waals surface area contributed by atoms with Crippen molar-refractivity contribution in [2.45, 2.75) is 37.7 Å². The fourth-order valence-corrected chi connectivity index (χ4v) is 3.15. The summed E-state index contributed by atoms with van der Waals surface area (Å²) in [7, 11) is 1.55. The fraction of sp³-hybridized carbons (Fsp3) is 0.929. The van der Waals surface area contributed by atoms with Gasteiger partial charge in [0.25, 0.3) is 0 Å². The second kappa shape index (κ2) is 6.68. The summed E-state index contributed by atoms with van der Waals surface area (Å²) >= 11 is 0. The van der Waals surface area contributed by atoms with Gasteiger partial charge in [0, 0.05) is 39.8 Å². The second-order valence-electron chi connectivity index (χ2n) is 5.87. The largest absolute Gasteiger partial charge is 0.389 e. The fourth-order valence-electron chi connectivity index (χ4n) is 3.15. The van der Waals surface area contributed by atoms with E-state index >= 15 is 0 Å². The van der Waals surface area contributed by atoms with Crippen molar-refractivity contribution >= 4 is 5.91 Å². The van der Waals surface area contributed by atoms with Gasteiger partial charge in [-0.2, -0.15) is 0 Å². The Hall–Kier alpha value is -0.650. The van der Waals surface area contributed by atoms with Gasteiger partial charge >= 0.3 is 0 Å². The number of β-amino-alcohol motifs (C(OH)–C–C–N with tert-alkyl or cyclic N) is 1. The number of aliphatic hydroxyl groups is 1. The number of hydrogen-bond acceptors (Lipinski definition) is 4. The normalized spacial score (nSPS) is 24.4. The van der Waals surface area contributed by atoms with Crippen molar-refractivity contribution in [3.05, 3.63) is 0 Å². The van der Waals surface area contributed by atoms with E-state index in [-0.39, 0.29) is 12.5 Å². The summed E-state index contributed by atoms with van der Waals surface area (Å²) in [6.45, 7) is 4.15. The zero-order valence-corrected chi connectivity index (χ0v) is 11.9. The van der Waals surface area contributed by atoms with Gasteiger partial charge in [0.15, 0.2) is 0 Å². The van der Waals surface area contributed by atoms with E-state index in [9.17, 15) is 9.90 Å². The van der Waals surface area contributed by atoms with Crippen LogP contribution < -0.4 is 0 Å². The second-order valence-corrected chi connectivity index (χ2v) is 5.87. The molecule has 0 spiro atoms. The summed E-state index contributed by atoms with van der Waals surface area (Å²) in [5.74, 6) is 0.0681. The third kappa shape index (κ3) is 4.16. The quantitative estimate of drug-likeness (QED) is 0.807. The van der Waals surface area contributed by atoms with Gasteiger partial charge in [-0.05, 0) is 12.8 Å². The molecule has 2 fully saturated rings. The Labute approximate surface area is 115 Å². The molecule has 1 aliphatic carbocycles. The molecule has 0 atom stereocenters. The maximum absolute atomic E-state index is 11.7. The van der Waals surface area contributed by atoms with Gasteiger partial charge in [-0.3, -0.25) is 9.69 Å². The molecule has 2 aliphatic rings. The van der Waals surface area contributed by atoms with Gasteiger partial charge in [0.2, 0.25) is 5.91 Å². The van der Waals surface area contributed by atoms with E-state index in [2.05, 4.69) is 4.90 Å². The molecule has 1 saturated heterocycles. The van der Waals surface area contributed by atoms with Crippen LogP contribution in [0.25, 0.3) is 0 Å². The van der Waals surface area contributed by atoms with Crippen LogP contribution >= 0.6 is 0 Å². The molecule has 0 bridgehead atoms. The molecule has 2 rings (SSSR count). The number of ether oxygens (including phenoxy) is 1. The third-order valence-electron chi connectivity index (χ3n) is 4.30. The lowest BCUT2D eigenvalue weighted by atomic mass is 9.84. The molecule has 1 saturated carbocycles. The third-order valence-corrected chi connectivity index (χ3v) is 4.30. The summed E-state index contributed by atoms with van der Waals surface area (Å²) in [6.07, 6.45) is 5.39. The molecule has 5 heteroatoms. The van der Waals surface area contributed by atoms with E-state index in [0.717, 1.165) is 58.4 Å². The molecule has 110 valence electrons. The van der Waals surface area contributed by atoms with Crippen molar-refractivity contribution in [1.29, 1.82) is 0 Å². The number of methoxy groups -OCH3 is 1. The van der Waals surface area contributed by atoms with Crippen LogP contribution in [0.5, 0.6) is 0 Å². The Balaban J connectivity index is 1.75. The Bertz CT molecular complexity index is 295. The number of amides is 1. The topological polar surface area (TPSA) is 53.0 Å². The van der Waals surface area contributed by atoms with E-state index < -0.39 is 5.60 Å². The first-order valence-corrected chi connectivity index (χ1v) is 7.34. The summed E-state index contributed by atoms with van der Waals surface area (Å²) in [5, 5.41) is 10.5. The predicted octanol–water partition coefficient (Wildman–Crippen LogP) is 0.472. The minimum atomic E-state index is -0.489. The molecule has 1 amide bonds. The first kappa shape index (κ1) is 14.8. The Morgan fingerprint density at radius 3 is 2.37 bits per heavy atom. The molecule has 1 N–H and O–H groups in total. The van der Waals surface area contributed by atoms with Crippen LogP contribution in [0.1, 0.15) is 32.1 Å². The molecule has 1 heterocycles. The number of rotatable bonds is 4. The van der Waals surface area contributed by atoms with Crippen molar-refractivity contribution < 1.29 is 14.6 Å². The maximum atomic E-state index is 11.7. The minimum Gasteiger partial charge on any atom is -0.389 e. The number of hydrogen-bond donors (Lipinski definition) is 1. The minimum absolute atomic E-state index is 0.0681. The molecule has 0 aromatic carbocycles. The van der Waals surface area contributed by atoms with Crippen LogP contribution in [0.4, 0.5) is 0 Å². The first-order chi connectivity index (χ1) is 9.13. The molecule has 1 aliphatic heterocycles. The van der Waals surface area contributed by atoms with Gasteiger partial charge in [-0.15, -0.1) is 0 Å². The van der Waals surface area contributed by atoms with Gasteiger partial charge in [0.1, 0.15) is 6.61 Å². The van der Waals surface area contributed by atoms with Crippen molar-refractivity contribution in [3.8, 4) is 0 Å². The highest BCUT2D eigenvalue weighted by Crippen LogP contribution is 2.29. The number of nitrogens with zero attached hydrogens (tertiary/aromatic N) is 2. The lowest BCUT2D eigenvalue weighted by Crippen LogP contribution is -2.54. The van der Waals surface area contributed by atoms with Crippen molar-refractivity contribution in [3.63, 3.8) is 0 Å². The molecule has 0 aromatic heterocycles. The molecular weight excluding hydrogens is 244 g/mol. The van der Waals surface area contributed by atoms with Crippen LogP contribution in [-0.4, -0.2) is 72.9 Å². The van der Waals surface area contributed by atoms with Gasteiger partial charge < -0.3 is 14.7 Å². The zero-order chi connectivity index (χ0) is 13.7. The molecule has 0 radical (unpaired) electrons. The maximum Gasteiger partial charge on any atom is 0.248 e. The number of carbonyl (C=O) groups excluding carboxylic acids is 1. The van der Waals surface area contributed by atoms with Crippen molar-refractivity contribution in [2.24, 2.45) is 0 Å². The summed E-state index contributed by atoms with van der Waals surface area (Å²) in [6, 6.07) is 0. The van der Waals surface area contributed by atoms with Crippen LogP contribution in [0, 0.1) is 0 Å². The van der Waals surface area contributed by atoms with E-state index in [4.69, 9.17) is 4.74 Å². The Morgan fingerprint density at radius 1 is 1.16 bits per heavy atom. The van der Waals surface area contributed by atoms with E-state index in [1.54, 1.807) is 7.11 Å². The Kier molecular flexibility index (Phi) is 5.19. The first-order valence-electron chi connectivity index (χ1n) is 7.34. The van der Waals surface area contributed by atoms with Gasteiger partial charge in [-0.25, -0.2) is 0 Å². The Morgan fingerprint density at radius 2 is 1.79 bits per heavy atom. The molecule has 0 unspecified atom stereocenters. The highest BCUT2D eigenvalue weighted by Gasteiger charge is 2.32. The monoisotopic (exact) mass is 270 g/mol. The standard InChI is InChI=1S/C14H26N2O3/c1-19-11-13(17)16-9-7-15(8-10-16)12-14(18)5-3-2-4-6-14/h18H,2-12H2,1H3. The van der Waals surface area contributed by atoms with Crippen LogP contribution in [0.15, 0.2) is 0 Å². The summed E-state index contributed by atoms with van der Waals surface area (Å²) < 4.78 is 4.88. The number of piperazine rings is 1. The van der Waals surface area contributed by atoms with E-state index in [1.807, 2.05) is 4.90 Å². The van der Waals surface area contributed by atoms with Crippen molar-refractivity contribution in [1.82, 2.24) is 9.80 Å². The highest BCUT2D eigenvalue weighted by atomic mass is 16.5. The highest BCUT2D eigenvalue weighted by molar-refractivity contribution is 5.77. The lowest BCUT2D eigenvalue weighted by molar-refractivity contribution is -0.137. The smallest absolute Gasteiger partial charge is 0.248 e. The van der Waals surface area contributed by atoms with Gasteiger partial charge in [-0.1, -0.05) is 19.3 Å². The van der Waals surface area contributed by atoms with Crippen molar-refractivity contribution in [2.75, 3.05) is 46.4 Å². The summed E-state index contributed by atoms with van der Waals surface area (Å²) in [4.78, 5) is 15.8. The molecule has 5 nitrogen and oxygen atoms in total. The lowest BCUT2D eigenvalue weighted by Gasteiger charge is -2.41. The molecular formula is C14H26N2O3. The van der Waals surface area contributed by atoms with E-state index in [0.29, 0.717) is 0 Å². The zero-order valence-electron chi connectivity index (χ0n) is 11.9. The van der Waals surface area contributed by atoms with Crippen LogP contribution in [0.3, 0.4) is 0 Å². The van der Waals surface area contributed by atoms with Gasteiger partial charge in [0.05, 0.1) is 5.60 Å². The molecule has 19 heavy (non-hydrogen) atoms. The summed E-state index contributed by atoms with van der Waals surface area (Å²) in [5.41, 5.74) is -0.489. The average Bonchev–Trinajstić information content (AvgIpc) is 2.40. The molecule has 0 aromatic rings. The van der Waals surface area contributed by atoms with E-state index in [1.165, 1.54) is 6.42 Å². The number of carbonyl (C=O) groups is 1. The SMILES string of the molecule is COCC(=O)N1CCN(CC2(O)CCCCC2)CC1. The van der Waals surface area contributed by atoms with Crippen LogP contribution in [-0.2, 0) is 9.53 Å². The average molecular weight is 270 g/mol. The van der Waals surface area contributed by atoms with Crippen LogP contribution in [0.2, 0.25) is 0 Å². The predicted molar refractivity (Wildman–Crippen MR) is 72.9 cm³/mol.